The van der Waals surface area contributed by atoms with Gasteiger partial charge in [0.25, 0.3) is 5.91 Å². The van der Waals surface area contributed by atoms with Crippen molar-refractivity contribution in [2.24, 2.45) is 0 Å². The number of carbonyl (C=O) groups is 1. The summed E-state index contributed by atoms with van der Waals surface area (Å²) in [5, 5.41) is 3.47. The molecular weight excluding hydrogens is 344 g/mol. The molecule has 4 nitrogen and oxygen atoms in total. The Kier molecular flexibility index (Phi) is 4.62. The van der Waals surface area contributed by atoms with Gasteiger partial charge in [-0.15, -0.1) is 0 Å². The zero-order valence-corrected chi connectivity index (χ0v) is 14.7. The first-order chi connectivity index (χ1) is 12.8. The van der Waals surface area contributed by atoms with Crippen LogP contribution in [0.15, 0.2) is 78.9 Å². The van der Waals surface area contributed by atoms with Gasteiger partial charge in [-0.25, -0.2) is 4.98 Å². The summed E-state index contributed by atoms with van der Waals surface area (Å²) in [5.41, 5.74) is 2.49. The summed E-state index contributed by atoms with van der Waals surface area (Å²) in [6.07, 6.45) is 0. The van der Waals surface area contributed by atoms with Crippen molar-refractivity contribution in [3.8, 4) is 5.75 Å². The van der Waals surface area contributed by atoms with Gasteiger partial charge < -0.3 is 4.74 Å². The molecule has 0 aliphatic rings. The maximum absolute atomic E-state index is 12.4. The minimum atomic E-state index is -0.167. The van der Waals surface area contributed by atoms with Gasteiger partial charge >= 0.3 is 0 Å². The number of fused-ring (bicyclic) bond motifs is 1. The Morgan fingerprint density at radius 3 is 2.42 bits per heavy atom. The molecule has 0 aliphatic heterocycles. The number of carbonyl (C=O) groups excluding carboxylic acids is 1. The van der Waals surface area contributed by atoms with Crippen LogP contribution < -0.4 is 10.1 Å². The number of benzene rings is 3. The van der Waals surface area contributed by atoms with Crippen molar-refractivity contribution in [3.63, 3.8) is 0 Å². The summed E-state index contributed by atoms with van der Waals surface area (Å²) < 4.78 is 6.76. The molecule has 128 valence electrons. The molecule has 0 bridgehead atoms. The summed E-state index contributed by atoms with van der Waals surface area (Å²) >= 11 is 1.47. The number of amides is 1. The SMILES string of the molecule is O=C(Nc1nc2ccccc2s1)c1ccc(COc2ccccc2)cc1. The number of nitrogens with one attached hydrogen (secondary N) is 1. The van der Waals surface area contributed by atoms with Crippen LogP contribution in [0, 0.1) is 0 Å². The van der Waals surface area contributed by atoms with Crippen LogP contribution in [0.2, 0.25) is 0 Å². The second-order valence-electron chi connectivity index (χ2n) is 5.74. The smallest absolute Gasteiger partial charge is 0.257 e. The molecule has 5 heteroatoms. The number of aromatic nitrogens is 1. The Balaban J connectivity index is 1.40. The molecule has 0 aliphatic carbocycles. The number of hydrogen-bond donors (Lipinski definition) is 1. The quantitative estimate of drug-likeness (QED) is 0.537. The molecule has 4 aromatic rings. The van der Waals surface area contributed by atoms with Crippen molar-refractivity contribution >= 4 is 32.6 Å². The van der Waals surface area contributed by atoms with E-state index in [-0.39, 0.29) is 5.91 Å². The molecule has 1 aromatic heterocycles. The highest BCUT2D eigenvalue weighted by Gasteiger charge is 2.10. The normalized spacial score (nSPS) is 10.6. The Bertz CT molecular complexity index is 994. The van der Waals surface area contributed by atoms with Crippen LogP contribution in [0.1, 0.15) is 15.9 Å². The molecule has 0 unspecified atom stereocenters. The van der Waals surface area contributed by atoms with Crippen molar-refractivity contribution in [2.75, 3.05) is 5.32 Å². The monoisotopic (exact) mass is 360 g/mol. The lowest BCUT2D eigenvalue weighted by Gasteiger charge is -2.07. The van der Waals surface area contributed by atoms with E-state index < -0.39 is 0 Å². The van der Waals surface area contributed by atoms with Crippen LogP contribution in [0.5, 0.6) is 5.75 Å². The first kappa shape index (κ1) is 16.3. The van der Waals surface area contributed by atoms with Crippen LogP contribution in [-0.4, -0.2) is 10.9 Å². The average Bonchev–Trinajstić information content (AvgIpc) is 3.10. The van der Waals surface area contributed by atoms with Crippen molar-refractivity contribution in [3.05, 3.63) is 90.0 Å². The molecular formula is C21H16N2O2S. The molecule has 0 fully saturated rings. The molecule has 4 rings (SSSR count). The predicted octanol–water partition coefficient (Wildman–Crippen LogP) is 5.13. The molecule has 0 spiro atoms. The molecule has 0 saturated carbocycles. The molecule has 1 heterocycles. The van der Waals surface area contributed by atoms with Gasteiger partial charge in [0.1, 0.15) is 12.4 Å². The van der Waals surface area contributed by atoms with E-state index in [0.29, 0.717) is 17.3 Å². The molecule has 3 aromatic carbocycles. The van der Waals surface area contributed by atoms with E-state index in [0.717, 1.165) is 21.5 Å². The van der Waals surface area contributed by atoms with Crippen LogP contribution in [0.25, 0.3) is 10.2 Å². The zero-order chi connectivity index (χ0) is 17.8. The number of ether oxygens (including phenoxy) is 1. The van der Waals surface area contributed by atoms with E-state index in [1.54, 1.807) is 12.1 Å². The zero-order valence-electron chi connectivity index (χ0n) is 13.9. The van der Waals surface area contributed by atoms with Gasteiger partial charge in [0.15, 0.2) is 5.13 Å². The standard InChI is InChI=1S/C21H16N2O2S/c24-20(23-21-22-18-8-4-5-9-19(18)26-21)16-12-10-15(11-13-16)14-25-17-6-2-1-3-7-17/h1-13H,14H2,(H,22,23,24). The highest BCUT2D eigenvalue weighted by Crippen LogP contribution is 2.25. The van der Waals surface area contributed by atoms with Crippen molar-refractivity contribution in [2.45, 2.75) is 6.61 Å². The van der Waals surface area contributed by atoms with Gasteiger partial charge in [-0.05, 0) is 42.0 Å². The Morgan fingerprint density at radius 2 is 1.65 bits per heavy atom. The van der Waals surface area contributed by atoms with Gasteiger partial charge in [0.2, 0.25) is 0 Å². The van der Waals surface area contributed by atoms with Gasteiger partial charge in [-0.2, -0.15) is 0 Å². The molecule has 1 amide bonds. The minimum Gasteiger partial charge on any atom is -0.489 e. The predicted molar refractivity (Wildman–Crippen MR) is 105 cm³/mol. The fourth-order valence-corrected chi connectivity index (χ4v) is 3.39. The average molecular weight is 360 g/mol. The number of para-hydroxylation sites is 2. The minimum absolute atomic E-state index is 0.167. The lowest BCUT2D eigenvalue weighted by molar-refractivity contribution is 0.102. The third-order valence-electron chi connectivity index (χ3n) is 3.88. The first-order valence-corrected chi connectivity index (χ1v) is 9.03. The van der Waals surface area contributed by atoms with E-state index >= 15 is 0 Å². The highest BCUT2D eigenvalue weighted by atomic mass is 32.1. The molecule has 0 atom stereocenters. The fraction of sp³-hybridized carbons (Fsp3) is 0.0476. The van der Waals surface area contributed by atoms with Crippen molar-refractivity contribution < 1.29 is 9.53 Å². The van der Waals surface area contributed by atoms with Crippen LogP contribution >= 0.6 is 11.3 Å². The first-order valence-electron chi connectivity index (χ1n) is 8.22. The van der Waals surface area contributed by atoms with Gasteiger partial charge in [0.05, 0.1) is 10.2 Å². The van der Waals surface area contributed by atoms with Gasteiger partial charge in [0, 0.05) is 5.56 Å². The second-order valence-corrected chi connectivity index (χ2v) is 6.77. The van der Waals surface area contributed by atoms with E-state index in [1.807, 2.05) is 66.7 Å². The summed E-state index contributed by atoms with van der Waals surface area (Å²) in [6.45, 7) is 0.462. The Labute approximate surface area is 155 Å². The summed E-state index contributed by atoms with van der Waals surface area (Å²) in [7, 11) is 0. The Morgan fingerprint density at radius 1 is 0.923 bits per heavy atom. The maximum Gasteiger partial charge on any atom is 0.257 e. The third-order valence-corrected chi connectivity index (χ3v) is 4.83. The third kappa shape index (κ3) is 3.73. The van der Waals surface area contributed by atoms with E-state index in [4.69, 9.17) is 4.74 Å². The lowest BCUT2D eigenvalue weighted by Crippen LogP contribution is -2.11. The van der Waals surface area contributed by atoms with Crippen molar-refractivity contribution in [1.29, 1.82) is 0 Å². The summed E-state index contributed by atoms with van der Waals surface area (Å²) in [5.74, 6) is 0.657. The largest absolute Gasteiger partial charge is 0.489 e. The topological polar surface area (TPSA) is 51.2 Å². The summed E-state index contributed by atoms with van der Waals surface area (Å²) in [6, 6.07) is 24.9. The van der Waals surface area contributed by atoms with Crippen LogP contribution in [-0.2, 0) is 6.61 Å². The van der Waals surface area contributed by atoms with Gasteiger partial charge in [-0.1, -0.05) is 53.8 Å². The fourth-order valence-electron chi connectivity index (χ4n) is 2.53. The summed E-state index contributed by atoms with van der Waals surface area (Å²) in [4.78, 5) is 16.8. The molecule has 0 saturated heterocycles. The van der Waals surface area contributed by atoms with E-state index in [2.05, 4.69) is 10.3 Å². The highest BCUT2D eigenvalue weighted by molar-refractivity contribution is 7.22. The van der Waals surface area contributed by atoms with Crippen LogP contribution in [0.3, 0.4) is 0 Å². The van der Waals surface area contributed by atoms with E-state index in [1.165, 1.54) is 11.3 Å². The second kappa shape index (κ2) is 7.37. The molecule has 1 N–H and O–H groups in total. The number of rotatable bonds is 5. The number of nitrogens with zero attached hydrogens (tertiary/aromatic N) is 1. The Hall–Kier alpha value is -3.18. The number of thiazole rings is 1. The van der Waals surface area contributed by atoms with E-state index in [9.17, 15) is 4.79 Å². The molecule has 26 heavy (non-hydrogen) atoms. The molecule has 0 radical (unpaired) electrons. The van der Waals surface area contributed by atoms with Crippen molar-refractivity contribution in [1.82, 2.24) is 4.98 Å². The lowest BCUT2D eigenvalue weighted by atomic mass is 10.1. The number of anilines is 1. The van der Waals surface area contributed by atoms with Crippen LogP contribution in [0.4, 0.5) is 5.13 Å². The number of hydrogen-bond acceptors (Lipinski definition) is 4. The maximum atomic E-state index is 12.4. The van der Waals surface area contributed by atoms with Gasteiger partial charge in [-0.3, -0.25) is 10.1 Å².